The second-order valence-electron chi connectivity index (χ2n) is 5.69. The number of aromatic amines is 1. The summed E-state index contributed by atoms with van der Waals surface area (Å²) in [7, 11) is 0. The molecule has 2 heterocycles. The number of aryl methyl sites for hydroxylation is 1. The average molecular weight is 279 g/mol. The number of H-pyrrole nitrogens is 1. The zero-order valence-electron chi connectivity index (χ0n) is 12.8. The maximum absolute atomic E-state index is 4.61. The van der Waals surface area contributed by atoms with Gasteiger partial charge in [0.15, 0.2) is 0 Å². The van der Waals surface area contributed by atoms with E-state index < -0.39 is 0 Å². The molecule has 0 aromatic carbocycles. The fourth-order valence-electron chi connectivity index (χ4n) is 2.65. The number of anilines is 1. The highest BCUT2D eigenvalue weighted by Crippen LogP contribution is 2.11. The summed E-state index contributed by atoms with van der Waals surface area (Å²) in [6.45, 7) is 6.34. The standard InChI is InChI=1S/C15H29N5/c1-2-3-4-5-6-7-8-9-14-17-15(19-18-14)20-12-10-16-11-13-20/h16H,2-13H2,1H3,(H,17,18,19). The summed E-state index contributed by atoms with van der Waals surface area (Å²) < 4.78 is 0. The van der Waals surface area contributed by atoms with Crippen LogP contribution < -0.4 is 10.2 Å². The zero-order valence-corrected chi connectivity index (χ0v) is 12.8. The molecule has 1 saturated heterocycles. The van der Waals surface area contributed by atoms with E-state index in [-0.39, 0.29) is 0 Å². The van der Waals surface area contributed by atoms with Gasteiger partial charge in [0.05, 0.1) is 0 Å². The van der Waals surface area contributed by atoms with Crippen LogP contribution in [0.4, 0.5) is 5.95 Å². The Hall–Kier alpha value is -1.10. The van der Waals surface area contributed by atoms with Gasteiger partial charge >= 0.3 is 0 Å². The maximum atomic E-state index is 4.61. The van der Waals surface area contributed by atoms with Crippen LogP contribution in [0.2, 0.25) is 0 Å². The molecule has 1 aromatic heterocycles. The molecule has 0 atom stereocenters. The fourth-order valence-corrected chi connectivity index (χ4v) is 2.65. The van der Waals surface area contributed by atoms with E-state index in [4.69, 9.17) is 0 Å². The van der Waals surface area contributed by atoms with Crippen LogP contribution >= 0.6 is 0 Å². The molecule has 0 radical (unpaired) electrons. The van der Waals surface area contributed by atoms with Crippen molar-refractivity contribution in [1.82, 2.24) is 20.5 Å². The SMILES string of the molecule is CCCCCCCCCc1nc(N2CCNCC2)n[nH]1. The van der Waals surface area contributed by atoms with Gasteiger partial charge in [-0.2, -0.15) is 4.98 Å². The van der Waals surface area contributed by atoms with Gasteiger partial charge in [-0.25, -0.2) is 0 Å². The fraction of sp³-hybridized carbons (Fsp3) is 0.867. The number of hydrogen-bond acceptors (Lipinski definition) is 4. The first-order valence-electron chi connectivity index (χ1n) is 8.27. The first-order chi connectivity index (χ1) is 9.90. The summed E-state index contributed by atoms with van der Waals surface area (Å²) in [6, 6.07) is 0. The van der Waals surface area contributed by atoms with Crippen molar-refractivity contribution in [2.45, 2.75) is 58.3 Å². The van der Waals surface area contributed by atoms with E-state index in [1.54, 1.807) is 0 Å². The minimum Gasteiger partial charge on any atom is -0.337 e. The van der Waals surface area contributed by atoms with Gasteiger partial charge in [0, 0.05) is 32.6 Å². The third kappa shape index (κ3) is 5.12. The van der Waals surface area contributed by atoms with Crippen LogP contribution in [0.3, 0.4) is 0 Å². The van der Waals surface area contributed by atoms with Gasteiger partial charge in [0.25, 0.3) is 0 Å². The first kappa shape index (κ1) is 15.3. The molecule has 0 bridgehead atoms. The minimum absolute atomic E-state index is 0.879. The molecule has 5 nitrogen and oxygen atoms in total. The van der Waals surface area contributed by atoms with Crippen LogP contribution in [-0.4, -0.2) is 41.4 Å². The molecular weight excluding hydrogens is 250 g/mol. The van der Waals surface area contributed by atoms with Crippen LogP contribution in [-0.2, 0) is 6.42 Å². The number of nitrogens with zero attached hydrogens (tertiary/aromatic N) is 3. The number of aromatic nitrogens is 3. The Morgan fingerprint density at radius 3 is 2.45 bits per heavy atom. The lowest BCUT2D eigenvalue weighted by Crippen LogP contribution is -2.44. The average Bonchev–Trinajstić information content (AvgIpc) is 2.96. The Kier molecular flexibility index (Phi) is 6.84. The summed E-state index contributed by atoms with van der Waals surface area (Å²) in [5, 5.41) is 10.8. The van der Waals surface area contributed by atoms with Gasteiger partial charge in [-0.05, 0) is 6.42 Å². The largest absolute Gasteiger partial charge is 0.337 e. The molecule has 1 aromatic rings. The number of piperazine rings is 1. The van der Waals surface area contributed by atoms with Crippen molar-refractivity contribution < 1.29 is 0 Å². The van der Waals surface area contributed by atoms with Gasteiger partial charge in [0.1, 0.15) is 5.82 Å². The third-order valence-electron chi connectivity index (χ3n) is 3.94. The minimum atomic E-state index is 0.879. The lowest BCUT2D eigenvalue weighted by atomic mass is 10.1. The molecule has 1 aliphatic heterocycles. The summed E-state index contributed by atoms with van der Waals surface area (Å²) in [6.07, 6.45) is 10.4. The lowest BCUT2D eigenvalue weighted by Gasteiger charge is -2.25. The number of hydrogen-bond donors (Lipinski definition) is 2. The highest BCUT2D eigenvalue weighted by Gasteiger charge is 2.14. The van der Waals surface area contributed by atoms with Crippen molar-refractivity contribution in [2.24, 2.45) is 0 Å². The van der Waals surface area contributed by atoms with E-state index in [9.17, 15) is 0 Å². The van der Waals surface area contributed by atoms with E-state index in [0.29, 0.717) is 0 Å². The third-order valence-corrected chi connectivity index (χ3v) is 3.94. The van der Waals surface area contributed by atoms with Crippen molar-refractivity contribution in [3.05, 3.63) is 5.82 Å². The van der Waals surface area contributed by atoms with Crippen LogP contribution in [0.5, 0.6) is 0 Å². The van der Waals surface area contributed by atoms with E-state index in [1.165, 1.54) is 44.9 Å². The van der Waals surface area contributed by atoms with Crippen molar-refractivity contribution in [1.29, 1.82) is 0 Å². The smallest absolute Gasteiger partial charge is 0.244 e. The maximum Gasteiger partial charge on any atom is 0.244 e. The molecule has 114 valence electrons. The van der Waals surface area contributed by atoms with Crippen LogP contribution in [0.1, 0.15) is 57.7 Å². The predicted octanol–water partition coefficient (Wildman–Crippen LogP) is 2.51. The van der Waals surface area contributed by atoms with Crippen molar-refractivity contribution in [3.8, 4) is 0 Å². The Morgan fingerprint density at radius 2 is 1.70 bits per heavy atom. The molecule has 2 N–H and O–H groups in total. The van der Waals surface area contributed by atoms with Crippen molar-refractivity contribution >= 4 is 5.95 Å². The Balaban J connectivity index is 1.60. The van der Waals surface area contributed by atoms with E-state index in [1.807, 2.05) is 0 Å². The Bertz CT molecular complexity index is 357. The summed E-state index contributed by atoms with van der Waals surface area (Å²) >= 11 is 0. The topological polar surface area (TPSA) is 56.8 Å². The second-order valence-corrected chi connectivity index (χ2v) is 5.69. The highest BCUT2D eigenvalue weighted by molar-refractivity contribution is 5.29. The van der Waals surface area contributed by atoms with Crippen LogP contribution in [0.15, 0.2) is 0 Å². The van der Waals surface area contributed by atoms with Gasteiger partial charge in [-0.1, -0.05) is 45.4 Å². The molecule has 5 heteroatoms. The van der Waals surface area contributed by atoms with Gasteiger partial charge in [0.2, 0.25) is 5.95 Å². The van der Waals surface area contributed by atoms with E-state index in [0.717, 1.165) is 44.4 Å². The van der Waals surface area contributed by atoms with Gasteiger partial charge < -0.3 is 10.2 Å². The van der Waals surface area contributed by atoms with Gasteiger partial charge in [-0.15, -0.1) is 5.10 Å². The molecule has 20 heavy (non-hydrogen) atoms. The monoisotopic (exact) mass is 279 g/mol. The van der Waals surface area contributed by atoms with Crippen molar-refractivity contribution in [3.63, 3.8) is 0 Å². The second kappa shape index (κ2) is 8.95. The normalized spacial score (nSPS) is 15.8. The molecule has 2 rings (SSSR count). The predicted molar refractivity (Wildman–Crippen MR) is 83.2 cm³/mol. The van der Waals surface area contributed by atoms with Crippen molar-refractivity contribution in [2.75, 3.05) is 31.1 Å². The Labute approximate surface area is 122 Å². The number of unbranched alkanes of at least 4 members (excludes halogenated alkanes) is 6. The first-order valence-corrected chi connectivity index (χ1v) is 8.27. The van der Waals surface area contributed by atoms with Gasteiger partial charge in [-0.3, -0.25) is 5.10 Å². The van der Waals surface area contributed by atoms with E-state index >= 15 is 0 Å². The quantitative estimate of drug-likeness (QED) is 0.682. The number of rotatable bonds is 9. The van der Waals surface area contributed by atoms with E-state index in [2.05, 4.69) is 32.3 Å². The summed E-state index contributed by atoms with van der Waals surface area (Å²) in [5.41, 5.74) is 0. The molecule has 1 aliphatic rings. The lowest BCUT2D eigenvalue weighted by molar-refractivity contribution is 0.579. The number of nitrogens with one attached hydrogen (secondary N) is 2. The summed E-state index contributed by atoms with van der Waals surface area (Å²) in [5.74, 6) is 1.93. The molecule has 0 unspecified atom stereocenters. The molecule has 0 aliphatic carbocycles. The van der Waals surface area contributed by atoms with Crippen LogP contribution in [0, 0.1) is 0 Å². The molecule has 0 amide bonds. The Morgan fingerprint density at radius 1 is 1.00 bits per heavy atom. The highest BCUT2D eigenvalue weighted by atomic mass is 15.4. The molecular formula is C15H29N5. The molecule has 0 saturated carbocycles. The van der Waals surface area contributed by atoms with Crippen LogP contribution in [0.25, 0.3) is 0 Å². The molecule has 0 spiro atoms. The molecule has 1 fully saturated rings. The summed E-state index contributed by atoms with van der Waals surface area (Å²) in [4.78, 5) is 6.86. The zero-order chi connectivity index (χ0) is 14.0.